The van der Waals surface area contributed by atoms with E-state index in [1.165, 1.54) is 31.4 Å². The molecule has 1 aromatic heterocycles. The summed E-state index contributed by atoms with van der Waals surface area (Å²) in [7, 11) is 1.75. The molecule has 0 radical (unpaired) electrons. The zero-order valence-corrected chi connectivity index (χ0v) is 17.4. The van der Waals surface area contributed by atoms with Crippen LogP contribution >= 0.6 is 11.3 Å². The Morgan fingerprint density at radius 1 is 1.19 bits per heavy atom. The Morgan fingerprint density at radius 2 is 2.00 bits per heavy atom. The lowest BCUT2D eigenvalue weighted by atomic mass is 9.97. The van der Waals surface area contributed by atoms with Crippen molar-refractivity contribution in [2.24, 2.45) is 0 Å². The van der Waals surface area contributed by atoms with Crippen molar-refractivity contribution < 1.29 is 4.74 Å². The summed E-state index contributed by atoms with van der Waals surface area (Å²) in [6, 6.07) is 9.73. The van der Waals surface area contributed by atoms with Crippen LogP contribution in [0.15, 0.2) is 29.6 Å². The molecule has 0 bridgehead atoms. The summed E-state index contributed by atoms with van der Waals surface area (Å²) in [5.74, 6) is 0. The molecule has 146 valence electrons. The third-order valence-electron chi connectivity index (χ3n) is 6.09. The maximum atomic E-state index is 5.39. The van der Waals surface area contributed by atoms with E-state index in [0.29, 0.717) is 6.04 Å². The van der Waals surface area contributed by atoms with Crippen LogP contribution in [0.5, 0.6) is 0 Å². The van der Waals surface area contributed by atoms with Gasteiger partial charge in [-0.15, -0.1) is 11.3 Å². The molecule has 0 unspecified atom stereocenters. The van der Waals surface area contributed by atoms with E-state index >= 15 is 0 Å². The quantitative estimate of drug-likeness (QED) is 0.712. The predicted octanol–water partition coefficient (Wildman–Crippen LogP) is 4.44. The van der Waals surface area contributed by atoms with Crippen molar-refractivity contribution in [2.75, 3.05) is 33.3 Å². The van der Waals surface area contributed by atoms with E-state index in [-0.39, 0.29) is 6.10 Å². The molecule has 1 aliphatic heterocycles. The topological polar surface area (TPSA) is 28.6 Å². The van der Waals surface area contributed by atoms with Gasteiger partial charge in [-0.1, -0.05) is 30.7 Å². The molecule has 0 amide bonds. The maximum absolute atomic E-state index is 5.39. The molecule has 5 heteroatoms. The summed E-state index contributed by atoms with van der Waals surface area (Å²) in [5, 5.41) is 3.28. The van der Waals surface area contributed by atoms with Crippen molar-refractivity contribution in [1.82, 2.24) is 14.8 Å². The van der Waals surface area contributed by atoms with Gasteiger partial charge < -0.3 is 4.74 Å². The molecule has 0 spiro atoms. The van der Waals surface area contributed by atoms with E-state index in [2.05, 4.69) is 46.4 Å². The monoisotopic (exact) mass is 385 g/mol. The van der Waals surface area contributed by atoms with Crippen molar-refractivity contribution in [1.29, 1.82) is 0 Å². The van der Waals surface area contributed by atoms with Crippen LogP contribution in [0.4, 0.5) is 0 Å². The molecule has 2 aliphatic rings. The molecule has 2 aromatic rings. The third kappa shape index (κ3) is 4.43. The van der Waals surface area contributed by atoms with Crippen LogP contribution in [-0.4, -0.2) is 48.1 Å². The van der Waals surface area contributed by atoms with Crippen LogP contribution in [-0.2, 0) is 17.7 Å². The van der Waals surface area contributed by atoms with Crippen LogP contribution in [0.2, 0.25) is 0 Å². The number of methoxy groups -OCH3 is 1. The average molecular weight is 386 g/mol. The van der Waals surface area contributed by atoms with E-state index in [4.69, 9.17) is 9.72 Å². The Kier molecular flexibility index (Phi) is 6.23. The van der Waals surface area contributed by atoms with E-state index in [0.717, 1.165) is 37.7 Å². The first-order valence-corrected chi connectivity index (χ1v) is 11.1. The molecule has 2 heterocycles. The number of aryl methyl sites for hydroxylation is 1. The molecule has 1 aromatic carbocycles. The predicted molar refractivity (Wildman–Crippen MR) is 111 cm³/mol. The van der Waals surface area contributed by atoms with Crippen molar-refractivity contribution in [2.45, 2.75) is 51.3 Å². The molecule has 27 heavy (non-hydrogen) atoms. The van der Waals surface area contributed by atoms with Crippen molar-refractivity contribution >= 4 is 11.3 Å². The second-order valence-electron chi connectivity index (χ2n) is 7.83. The Morgan fingerprint density at radius 3 is 2.81 bits per heavy atom. The SMILES string of the molecule is CO[C@H](C)c1nc(CN2CCN([C@@H]3CCCCc4ccccc43)CC2)cs1. The van der Waals surface area contributed by atoms with E-state index in [1.54, 1.807) is 29.6 Å². The number of hydrogen-bond acceptors (Lipinski definition) is 5. The number of ether oxygens (including phenoxy) is 1. The highest BCUT2D eigenvalue weighted by molar-refractivity contribution is 7.09. The molecule has 1 saturated heterocycles. The summed E-state index contributed by atoms with van der Waals surface area (Å²) in [6.07, 6.45) is 5.33. The molecule has 4 nitrogen and oxygen atoms in total. The van der Waals surface area contributed by atoms with E-state index in [9.17, 15) is 0 Å². The Hall–Kier alpha value is -1.27. The Labute approximate surface area is 167 Å². The third-order valence-corrected chi connectivity index (χ3v) is 7.15. The van der Waals surface area contributed by atoms with Crippen LogP contribution in [0, 0.1) is 0 Å². The molecule has 1 aliphatic carbocycles. The van der Waals surface area contributed by atoms with Gasteiger partial charge in [0.2, 0.25) is 0 Å². The largest absolute Gasteiger partial charge is 0.375 e. The minimum atomic E-state index is 0.0934. The summed E-state index contributed by atoms with van der Waals surface area (Å²) < 4.78 is 5.39. The second kappa shape index (κ2) is 8.82. The number of benzene rings is 1. The molecule has 2 atom stereocenters. The molecule has 4 rings (SSSR count). The zero-order valence-electron chi connectivity index (χ0n) is 16.6. The number of piperazine rings is 1. The zero-order chi connectivity index (χ0) is 18.6. The first-order chi connectivity index (χ1) is 13.2. The van der Waals surface area contributed by atoms with Gasteiger partial charge in [0.15, 0.2) is 0 Å². The Bertz CT molecular complexity index is 739. The van der Waals surface area contributed by atoms with Crippen molar-refractivity contribution in [3.05, 3.63) is 51.5 Å². The molecule has 0 N–H and O–H groups in total. The minimum absolute atomic E-state index is 0.0934. The highest BCUT2D eigenvalue weighted by Gasteiger charge is 2.27. The smallest absolute Gasteiger partial charge is 0.122 e. The van der Waals surface area contributed by atoms with Crippen LogP contribution in [0.1, 0.15) is 60.2 Å². The normalized spacial score (nSPS) is 23.0. The van der Waals surface area contributed by atoms with E-state index in [1.807, 2.05) is 0 Å². The van der Waals surface area contributed by atoms with Crippen LogP contribution in [0.25, 0.3) is 0 Å². The lowest BCUT2D eigenvalue weighted by Crippen LogP contribution is -2.47. The minimum Gasteiger partial charge on any atom is -0.375 e. The van der Waals surface area contributed by atoms with Crippen LogP contribution in [0.3, 0.4) is 0 Å². The average Bonchev–Trinajstić information content (AvgIpc) is 3.06. The number of fused-ring (bicyclic) bond motifs is 1. The van der Waals surface area contributed by atoms with E-state index < -0.39 is 0 Å². The lowest BCUT2D eigenvalue weighted by Gasteiger charge is -2.39. The highest BCUT2D eigenvalue weighted by Crippen LogP contribution is 2.33. The number of aromatic nitrogens is 1. The molecular formula is C22H31N3OS. The van der Waals surface area contributed by atoms with Crippen molar-refractivity contribution in [3.8, 4) is 0 Å². The van der Waals surface area contributed by atoms with Gasteiger partial charge in [-0.25, -0.2) is 4.98 Å². The second-order valence-corrected chi connectivity index (χ2v) is 8.72. The molecular weight excluding hydrogens is 354 g/mol. The van der Waals surface area contributed by atoms with Gasteiger partial charge in [0.05, 0.1) is 5.69 Å². The number of nitrogens with zero attached hydrogens (tertiary/aromatic N) is 3. The highest BCUT2D eigenvalue weighted by atomic mass is 32.1. The van der Waals surface area contributed by atoms with Gasteiger partial charge in [-0.05, 0) is 37.3 Å². The van der Waals surface area contributed by atoms with Gasteiger partial charge in [0, 0.05) is 51.3 Å². The summed E-state index contributed by atoms with van der Waals surface area (Å²) in [6.45, 7) is 7.60. The number of hydrogen-bond donors (Lipinski definition) is 0. The number of thiazole rings is 1. The standard InChI is InChI=1S/C22H31N3OS/c1-17(26-2)22-23-19(16-27-22)15-24-11-13-25(14-12-24)21-10-6-4-8-18-7-3-5-9-20(18)21/h3,5,7,9,16-17,21H,4,6,8,10-15H2,1-2H3/t17-,21-/m1/s1. The van der Waals surface area contributed by atoms with Gasteiger partial charge in [-0.2, -0.15) is 0 Å². The summed E-state index contributed by atoms with van der Waals surface area (Å²) in [5.41, 5.74) is 4.35. The fourth-order valence-electron chi connectivity index (χ4n) is 4.42. The van der Waals surface area contributed by atoms with Crippen LogP contribution < -0.4 is 0 Å². The fourth-order valence-corrected chi connectivity index (χ4v) is 5.26. The summed E-state index contributed by atoms with van der Waals surface area (Å²) >= 11 is 1.72. The van der Waals surface area contributed by atoms with Gasteiger partial charge in [0.1, 0.15) is 11.1 Å². The van der Waals surface area contributed by atoms with Crippen molar-refractivity contribution in [3.63, 3.8) is 0 Å². The lowest BCUT2D eigenvalue weighted by molar-refractivity contribution is 0.0865. The van der Waals surface area contributed by atoms with Gasteiger partial charge in [-0.3, -0.25) is 9.80 Å². The number of rotatable bonds is 5. The Balaban J connectivity index is 1.36. The first-order valence-electron chi connectivity index (χ1n) is 10.3. The van der Waals surface area contributed by atoms with Gasteiger partial charge >= 0.3 is 0 Å². The summed E-state index contributed by atoms with van der Waals surface area (Å²) in [4.78, 5) is 10.0. The molecule has 1 fully saturated rings. The van der Waals surface area contributed by atoms with Gasteiger partial charge in [0.25, 0.3) is 0 Å². The molecule has 0 saturated carbocycles. The first kappa shape index (κ1) is 19.1. The fraction of sp³-hybridized carbons (Fsp3) is 0.591. The maximum Gasteiger partial charge on any atom is 0.122 e.